The molecule has 2 saturated heterocycles. The number of likely N-dealkylation sites (tertiary alicyclic amines) is 1. The molecule has 0 saturated carbocycles. The minimum atomic E-state index is -3.72. The molecule has 1 atom stereocenters. The molecule has 20 heavy (non-hydrogen) atoms. The van der Waals surface area contributed by atoms with Gasteiger partial charge in [0.25, 0.3) is 0 Å². The molecule has 0 aliphatic carbocycles. The van der Waals surface area contributed by atoms with E-state index >= 15 is 0 Å². The summed E-state index contributed by atoms with van der Waals surface area (Å²) in [5.74, 6) is -1.74. The molecule has 7 nitrogen and oxygen atoms in total. The van der Waals surface area contributed by atoms with Crippen molar-refractivity contribution >= 4 is 21.9 Å². The highest BCUT2D eigenvalue weighted by Crippen LogP contribution is 2.39. The Labute approximate surface area is 118 Å². The van der Waals surface area contributed by atoms with E-state index in [1.54, 1.807) is 11.9 Å². The molecule has 2 aliphatic rings. The van der Waals surface area contributed by atoms with Crippen LogP contribution in [0.2, 0.25) is 0 Å². The molecule has 2 fully saturated rings. The lowest BCUT2D eigenvalue weighted by molar-refractivity contribution is -0.136. The van der Waals surface area contributed by atoms with Gasteiger partial charge in [-0.3, -0.25) is 9.59 Å². The Bertz CT molecular complexity index is 514. The largest absolute Gasteiger partial charge is 0.481 e. The first-order valence-electron chi connectivity index (χ1n) is 6.77. The zero-order chi connectivity index (χ0) is 15.0. The summed E-state index contributed by atoms with van der Waals surface area (Å²) in [6.45, 7) is 0.852. The quantitative estimate of drug-likeness (QED) is 0.781. The molecule has 0 aromatic heterocycles. The molecule has 2 aliphatic heterocycles. The molecule has 8 heteroatoms. The van der Waals surface area contributed by atoms with Crippen molar-refractivity contribution in [1.82, 2.24) is 9.21 Å². The highest BCUT2D eigenvalue weighted by Gasteiger charge is 2.54. The predicted molar refractivity (Wildman–Crippen MR) is 71.6 cm³/mol. The van der Waals surface area contributed by atoms with E-state index in [0.717, 1.165) is 6.42 Å². The Balaban J connectivity index is 2.28. The number of piperidine rings is 1. The van der Waals surface area contributed by atoms with Crippen LogP contribution in [-0.4, -0.2) is 66.0 Å². The summed E-state index contributed by atoms with van der Waals surface area (Å²) in [6, 6.07) is 0. The minimum Gasteiger partial charge on any atom is -0.481 e. The van der Waals surface area contributed by atoms with E-state index in [9.17, 15) is 18.0 Å². The van der Waals surface area contributed by atoms with E-state index in [1.165, 1.54) is 4.31 Å². The zero-order valence-corrected chi connectivity index (χ0v) is 12.4. The van der Waals surface area contributed by atoms with Gasteiger partial charge >= 0.3 is 5.97 Å². The van der Waals surface area contributed by atoms with Crippen molar-refractivity contribution in [3.63, 3.8) is 0 Å². The van der Waals surface area contributed by atoms with Crippen LogP contribution in [0.15, 0.2) is 0 Å². The maximum absolute atomic E-state index is 12.4. The van der Waals surface area contributed by atoms with E-state index in [-0.39, 0.29) is 5.91 Å². The summed E-state index contributed by atoms with van der Waals surface area (Å²) in [4.78, 5) is 24.5. The third-order valence-corrected chi connectivity index (χ3v) is 6.12. The third kappa shape index (κ3) is 2.54. The van der Waals surface area contributed by atoms with E-state index in [4.69, 9.17) is 5.11 Å². The summed E-state index contributed by atoms with van der Waals surface area (Å²) >= 11 is 0. The minimum absolute atomic E-state index is 0.156. The molecule has 0 bridgehead atoms. The molecule has 1 unspecified atom stereocenters. The number of aliphatic carboxylic acids is 1. The standard InChI is InChI=1S/C12H20N2O5S/c1-13-8-6-12(11(13)17)5-2-3-7-14(12)20(18,19)9-4-10(15)16/h2-9H2,1H3,(H,15,16). The monoisotopic (exact) mass is 304 g/mol. The number of rotatable bonds is 4. The van der Waals surface area contributed by atoms with E-state index in [0.29, 0.717) is 32.4 Å². The van der Waals surface area contributed by atoms with Crippen molar-refractivity contribution in [2.24, 2.45) is 0 Å². The third-order valence-electron chi connectivity index (χ3n) is 4.19. The predicted octanol–water partition coefficient (Wildman–Crippen LogP) is -0.122. The van der Waals surface area contributed by atoms with Gasteiger partial charge in [-0.1, -0.05) is 0 Å². The van der Waals surface area contributed by atoms with E-state index in [1.807, 2.05) is 0 Å². The van der Waals surface area contributed by atoms with Gasteiger partial charge in [0.2, 0.25) is 15.9 Å². The second-order valence-electron chi connectivity index (χ2n) is 5.50. The van der Waals surface area contributed by atoms with Crippen LogP contribution in [0.5, 0.6) is 0 Å². The van der Waals surface area contributed by atoms with E-state index < -0.39 is 33.7 Å². The number of carboxylic acid groups (broad SMARTS) is 1. The lowest BCUT2D eigenvalue weighted by Crippen LogP contribution is -2.59. The van der Waals surface area contributed by atoms with Crippen LogP contribution < -0.4 is 0 Å². The number of carbonyl (C=O) groups is 2. The fraction of sp³-hybridized carbons (Fsp3) is 0.833. The highest BCUT2D eigenvalue weighted by molar-refractivity contribution is 7.89. The number of nitrogens with zero attached hydrogens (tertiary/aromatic N) is 2. The van der Waals surface area contributed by atoms with Crippen molar-refractivity contribution in [3.05, 3.63) is 0 Å². The maximum Gasteiger partial charge on any atom is 0.304 e. The van der Waals surface area contributed by atoms with Crippen LogP contribution in [0.1, 0.15) is 32.1 Å². The second-order valence-corrected chi connectivity index (χ2v) is 7.51. The Morgan fingerprint density at radius 3 is 2.55 bits per heavy atom. The summed E-state index contributed by atoms with van der Waals surface area (Å²) in [7, 11) is -2.05. The van der Waals surface area contributed by atoms with Gasteiger partial charge in [-0.2, -0.15) is 4.31 Å². The number of hydrogen-bond donors (Lipinski definition) is 1. The molecular formula is C12H20N2O5S. The van der Waals surface area contributed by atoms with Crippen molar-refractivity contribution in [2.75, 3.05) is 25.9 Å². The first-order valence-corrected chi connectivity index (χ1v) is 8.38. The Kier molecular flexibility index (Phi) is 4.06. The Morgan fingerprint density at radius 2 is 2.00 bits per heavy atom. The van der Waals surface area contributed by atoms with Crippen LogP contribution in [0, 0.1) is 0 Å². The average Bonchev–Trinajstić information content (AvgIpc) is 2.66. The lowest BCUT2D eigenvalue weighted by atomic mass is 9.87. The smallest absolute Gasteiger partial charge is 0.304 e. The summed E-state index contributed by atoms with van der Waals surface area (Å²) in [5, 5.41) is 8.67. The molecule has 0 aromatic carbocycles. The van der Waals surface area contributed by atoms with Crippen LogP contribution in [0.25, 0.3) is 0 Å². The zero-order valence-electron chi connectivity index (χ0n) is 11.5. The highest BCUT2D eigenvalue weighted by atomic mass is 32.2. The maximum atomic E-state index is 12.4. The number of carbonyl (C=O) groups excluding carboxylic acids is 1. The summed E-state index contributed by atoms with van der Waals surface area (Å²) in [5.41, 5.74) is -0.968. The van der Waals surface area contributed by atoms with Crippen LogP contribution >= 0.6 is 0 Å². The number of hydrogen-bond acceptors (Lipinski definition) is 4. The topological polar surface area (TPSA) is 95.0 Å². The van der Waals surface area contributed by atoms with Crippen molar-refractivity contribution in [2.45, 2.75) is 37.6 Å². The van der Waals surface area contributed by atoms with Crippen LogP contribution in [-0.2, 0) is 19.6 Å². The molecular weight excluding hydrogens is 284 g/mol. The molecule has 0 radical (unpaired) electrons. The number of sulfonamides is 1. The summed E-state index contributed by atoms with van der Waals surface area (Å²) < 4.78 is 26.1. The van der Waals surface area contributed by atoms with Gasteiger partial charge in [-0.05, 0) is 25.7 Å². The molecule has 1 spiro atoms. The lowest BCUT2D eigenvalue weighted by Gasteiger charge is -2.41. The van der Waals surface area contributed by atoms with Gasteiger partial charge in [0.1, 0.15) is 5.54 Å². The van der Waals surface area contributed by atoms with Crippen molar-refractivity contribution < 1.29 is 23.1 Å². The molecule has 114 valence electrons. The molecule has 2 rings (SSSR count). The normalized spacial score (nSPS) is 28.2. The molecule has 1 amide bonds. The van der Waals surface area contributed by atoms with Gasteiger partial charge in [0.15, 0.2) is 0 Å². The summed E-state index contributed by atoms with van der Waals surface area (Å²) in [6.07, 6.45) is 2.13. The molecule has 1 N–H and O–H groups in total. The Hall–Kier alpha value is -1.15. The van der Waals surface area contributed by atoms with Gasteiger partial charge in [0.05, 0.1) is 12.2 Å². The average molecular weight is 304 g/mol. The van der Waals surface area contributed by atoms with Crippen molar-refractivity contribution in [1.29, 1.82) is 0 Å². The fourth-order valence-corrected chi connectivity index (χ4v) is 4.98. The SMILES string of the molecule is CN1CCC2(CCCCN2S(=O)(=O)CCC(=O)O)C1=O. The fourth-order valence-electron chi connectivity index (χ4n) is 3.12. The molecule has 2 heterocycles. The van der Waals surface area contributed by atoms with Gasteiger partial charge in [0, 0.05) is 20.1 Å². The van der Waals surface area contributed by atoms with Crippen LogP contribution in [0.4, 0.5) is 0 Å². The first kappa shape index (κ1) is 15.2. The Morgan fingerprint density at radius 1 is 1.30 bits per heavy atom. The van der Waals surface area contributed by atoms with Gasteiger partial charge in [-0.15, -0.1) is 0 Å². The van der Waals surface area contributed by atoms with Gasteiger partial charge in [-0.25, -0.2) is 8.42 Å². The van der Waals surface area contributed by atoms with E-state index in [2.05, 4.69) is 0 Å². The van der Waals surface area contributed by atoms with Crippen molar-refractivity contribution in [3.8, 4) is 0 Å². The number of amides is 1. The first-order chi connectivity index (χ1) is 9.29. The molecule has 0 aromatic rings. The second kappa shape index (κ2) is 5.33. The van der Waals surface area contributed by atoms with Gasteiger partial charge < -0.3 is 10.0 Å². The number of likely N-dealkylation sites (N-methyl/N-ethyl adjacent to an activating group) is 1. The number of carboxylic acids is 1. The van der Waals surface area contributed by atoms with Crippen LogP contribution in [0.3, 0.4) is 0 Å².